The summed E-state index contributed by atoms with van der Waals surface area (Å²) in [6.45, 7) is 3.63. The molecule has 2 atom stereocenters. The molecule has 0 bridgehead atoms. The van der Waals surface area contributed by atoms with Crippen LogP contribution < -0.4 is 10.1 Å². The highest BCUT2D eigenvalue weighted by molar-refractivity contribution is 5.93. The Balaban J connectivity index is 1.38. The quantitative estimate of drug-likeness (QED) is 0.539. The van der Waals surface area contributed by atoms with Crippen LogP contribution in [0, 0.1) is 12.7 Å². The number of hydrogen-bond donors (Lipinski definition) is 1. The van der Waals surface area contributed by atoms with E-state index >= 15 is 0 Å². The number of ether oxygens (including phenoxy) is 1. The number of nitrogens with one attached hydrogen (secondary N) is 1. The molecule has 2 aromatic heterocycles. The Hall–Kier alpha value is -3.46. The normalized spacial score (nSPS) is 18.8. The summed E-state index contributed by atoms with van der Waals surface area (Å²) < 4.78 is 48.0. The highest BCUT2D eigenvalue weighted by Gasteiger charge is 2.46. The van der Waals surface area contributed by atoms with Gasteiger partial charge in [-0.1, -0.05) is 0 Å². The van der Waals surface area contributed by atoms with Crippen molar-refractivity contribution in [2.45, 2.75) is 38.2 Å². The number of nitrogens with zero attached hydrogens (tertiary/aromatic N) is 3. The highest BCUT2D eigenvalue weighted by Crippen LogP contribution is 2.41. The van der Waals surface area contributed by atoms with Gasteiger partial charge in [0.1, 0.15) is 23.1 Å². The van der Waals surface area contributed by atoms with Crippen LogP contribution in [0.25, 0.3) is 0 Å². The fourth-order valence-corrected chi connectivity index (χ4v) is 3.96. The van der Waals surface area contributed by atoms with E-state index in [1.54, 1.807) is 43.0 Å². The molecule has 0 aliphatic carbocycles. The van der Waals surface area contributed by atoms with Crippen molar-refractivity contribution < 1.29 is 22.7 Å². The van der Waals surface area contributed by atoms with E-state index in [-0.39, 0.29) is 31.2 Å². The summed E-state index contributed by atoms with van der Waals surface area (Å²) in [7, 11) is 0. The van der Waals surface area contributed by atoms with Crippen LogP contribution in [0.15, 0.2) is 60.9 Å². The van der Waals surface area contributed by atoms with Gasteiger partial charge < -0.3 is 10.1 Å². The molecular weight excluding hydrogens is 445 g/mol. The van der Waals surface area contributed by atoms with Crippen molar-refractivity contribution in [3.63, 3.8) is 0 Å². The number of amides is 1. The molecule has 6 nitrogen and oxygen atoms in total. The fraction of sp³-hybridized carbons (Fsp3) is 0.320. The Morgan fingerprint density at radius 1 is 1.15 bits per heavy atom. The number of aromatic nitrogens is 2. The molecule has 1 fully saturated rings. The summed E-state index contributed by atoms with van der Waals surface area (Å²) in [5.74, 6) is -3.39. The van der Waals surface area contributed by atoms with Gasteiger partial charge in [0, 0.05) is 31.4 Å². The molecule has 0 spiro atoms. The van der Waals surface area contributed by atoms with Crippen LogP contribution in [0.1, 0.15) is 30.5 Å². The number of rotatable bonds is 6. The second-order valence-corrected chi connectivity index (χ2v) is 8.39. The van der Waals surface area contributed by atoms with Gasteiger partial charge in [-0.15, -0.1) is 0 Å². The standard InChI is InChI=1S/C25H25F3N4O2/c1-16-13-18(9-11-29-16)22-15-32(12-10-25(22,27)28)17(2)24(33)31-23-8-7-21(14-30-23)34-20-5-3-19(26)4-6-20/h3-9,11,13-14,17,22H,10,12,15H2,1-2H3,(H,30,31,33)/t17-,22+/m1/s1. The lowest BCUT2D eigenvalue weighted by Gasteiger charge is -2.40. The molecule has 1 aromatic carbocycles. The van der Waals surface area contributed by atoms with Gasteiger partial charge in [0.2, 0.25) is 5.91 Å². The Morgan fingerprint density at radius 2 is 1.88 bits per heavy atom. The van der Waals surface area contributed by atoms with Crippen molar-refractivity contribution >= 4 is 11.7 Å². The second-order valence-electron chi connectivity index (χ2n) is 8.39. The number of halogens is 3. The third kappa shape index (κ3) is 5.53. The smallest absolute Gasteiger partial charge is 0.257 e. The minimum atomic E-state index is -2.86. The van der Waals surface area contributed by atoms with Crippen LogP contribution in [0.4, 0.5) is 19.0 Å². The fourth-order valence-electron chi connectivity index (χ4n) is 3.96. The summed E-state index contributed by atoms with van der Waals surface area (Å²) >= 11 is 0. The predicted octanol–water partition coefficient (Wildman–Crippen LogP) is 5.17. The molecule has 1 aliphatic rings. The Labute approximate surface area is 195 Å². The number of benzene rings is 1. The number of likely N-dealkylation sites (tertiary alicyclic amines) is 1. The second kappa shape index (κ2) is 9.80. The predicted molar refractivity (Wildman–Crippen MR) is 122 cm³/mol. The third-order valence-electron chi connectivity index (χ3n) is 5.95. The van der Waals surface area contributed by atoms with Crippen LogP contribution >= 0.6 is 0 Å². The maximum atomic E-state index is 14.7. The molecule has 1 saturated heterocycles. The van der Waals surface area contributed by atoms with E-state index in [1.165, 1.54) is 36.7 Å². The number of anilines is 1. The molecule has 1 aliphatic heterocycles. The summed E-state index contributed by atoms with van der Waals surface area (Å²) in [6, 6.07) is 11.4. The topological polar surface area (TPSA) is 67.4 Å². The van der Waals surface area contributed by atoms with E-state index in [0.717, 1.165) is 0 Å². The SMILES string of the molecule is Cc1cc([C@@H]2CN([C@H](C)C(=O)Nc3ccc(Oc4ccc(F)cc4)cn3)CCC2(F)F)ccn1. The number of alkyl halides is 2. The van der Waals surface area contributed by atoms with Crippen molar-refractivity contribution in [1.29, 1.82) is 0 Å². The van der Waals surface area contributed by atoms with Crippen LogP contribution in [0.5, 0.6) is 11.5 Å². The minimum Gasteiger partial charge on any atom is -0.456 e. The summed E-state index contributed by atoms with van der Waals surface area (Å²) in [6.07, 6.45) is 2.64. The molecule has 0 radical (unpaired) electrons. The van der Waals surface area contributed by atoms with Crippen LogP contribution in [-0.4, -0.2) is 45.8 Å². The molecule has 1 amide bonds. The Kier molecular flexibility index (Phi) is 6.83. The lowest BCUT2D eigenvalue weighted by molar-refractivity contribution is -0.125. The molecule has 3 heterocycles. The van der Waals surface area contributed by atoms with Crippen molar-refractivity contribution in [2.75, 3.05) is 18.4 Å². The zero-order valence-electron chi connectivity index (χ0n) is 18.8. The van der Waals surface area contributed by atoms with Crippen molar-refractivity contribution in [3.05, 3.63) is 78.0 Å². The molecule has 178 valence electrons. The Bertz CT molecular complexity index is 1140. The maximum absolute atomic E-state index is 14.7. The van der Waals surface area contributed by atoms with Gasteiger partial charge in [0.15, 0.2) is 0 Å². The molecule has 0 unspecified atom stereocenters. The first-order chi connectivity index (χ1) is 16.2. The highest BCUT2D eigenvalue weighted by atomic mass is 19.3. The largest absolute Gasteiger partial charge is 0.456 e. The van der Waals surface area contributed by atoms with Crippen molar-refractivity contribution in [1.82, 2.24) is 14.9 Å². The average Bonchev–Trinajstić information content (AvgIpc) is 2.81. The van der Waals surface area contributed by atoms with E-state index in [0.29, 0.717) is 28.6 Å². The van der Waals surface area contributed by atoms with E-state index in [2.05, 4.69) is 15.3 Å². The first-order valence-electron chi connectivity index (χ1n) is 11.0. The molecule has 9 heteroatoms. The lowest BCUT2D eigenvalue weighted by atomic mass is 9.86. The number of carbonyl (C=O) groups is 1. The summed E-state index contributed by atoms with van der Waals surface area (Å²) in [4.78, 5) is 22.9. The number of pyridine rings is 2. The van der Waals surface area contributed by atoms with Crippen LogP contribution in [0.2, 0.25) is 0 Å². The lowest BCUT2D eigenvalue weighted by Crippen LogP contribution is -2.52. The van der Waals surface area contributed by atoms with E-state index < -0.39 is 17.9 Å². The molecule has 0 saturated carbocycles. The van der Waals surface area contributed by atoms with Gasteiger partial charge in [-0.3, -0.25) is 14.7 Å². The number of hydrogen-bond acceptors (Lipinski definition) is 5. The van der Waals surface area contributed by atoms with Gasteiger partial charge >= 0.3 is 0 Å². The van der Waals surface area contributed by atoms with E-state index in [4.69, 9.17) is 4.74 Å². The third-order valence-corrected chi connectivity index (χ3v) is 5.95. The van der Waals surface area contributed by atoms with E-state index in [1.807, 2.05) is 0 Å². The van der Waals surface area contributed by atoms with Gasteiger partial charge in [-0.25, -0.2) is 18.2 Å². The zero-order chi connectivity index (χ0) is 24.3. The molecule has 34 heavy (non-hydrogen) atoms. The monoisotopic (exact) mass is 470 g/mol. The minimum absolute atomic E-state index is 0.0584. The molecular formula is C25H25F3N4O2. The average molecular weight is 470 g/mol. The first-order valence-corrected chi connectivity index (χ1v) is 11.0. The van der Waals surface area contributed by atoms with Gasteiger partial charge in [-0.2, -0.15) is 0 Å². The summed E-state index contributed by atoms with van der Waals surface area (Å²) in [5, 5.41) is 2.73. The summed E-state index contributed by atoms with van der Waals surface area (Å²) in [5.41, 5.74) is 1.20. The molecule has 4 rings (SSSR count). The van der Waals surface area contributed by atoms with Crippen LogP contribution in [-0.2, 0) is 4.79 Å². The van der Waals surface area contributed by atoms with Crippen molar-refractivity contribution in [2.24, 2.45) is 0 Å². The Morgan fingerprint density at radius 3 is 2.56 bits per heavy atom. The van der Waals surface area contributed by atoms with Gasteiger partial charge in [0.25, 0.3) is 5.92 Å². The van der Waals surface area contributed by atoms with Gasteiger partial charge in [0.05, 0.1) is 18.2 Å². The van der Waals surface area contributed by atoms with Crippen LogP contribution in [0.3, 0.4) is 0 Å². The molecule has 1 N–H and O–H groups in total. The van der Waals surface area contributed by atoms with E-state index in [9.17, 15) is 18.0 Å². The van der Waals surface area contributed by atoms with Gasteiger partial charge in [-0.05, 0) is 67.9 Å². The maximum Gasteiger partial charge on any atom is 0.257 e. The number of piperidine rings is 1. The number of aryl methyl sites for hydroxylation is 1. The molecule has 3 aromatic rings. The van der Waals surface area contributed by atoms with Crippen molar-refractivity contribution in [3.8, 4) is 11.5 Å². The number of carbonyl (C=O) groups excluding carboxylic acids is 1. The zero-order valence-corrected chi connectivity index (χ0v) is 18.8. The first kappa shape index (κ1) is 23.7.